The van der Waals surface area contributed by atoms with Crippen LogP contribution in [0.15, 0.2) is 10.6 Å². The molecule has 20 heavy (non-hydrogen) atoms. The van der Waals surface area contributed by atoms with Gasteiger partial charge in [-0.25, -0.2) is 0 Å². The molecule has 116 valence electrons. The summed E-state index contributed by atoms with van der Waals surface area (Å²) in [5.41, 5.74) is 1.19. The number of nitrogens with zero attached hydrogens (tertiary/aromatic N) is 1. The molecule has 0 saturated heterocycles. The van der Waals surface area contributed by atoms with Crippen LogP contribution in [0.2, 0.25) is 0 Å². The smallest absolute Gasteiger partial charge is 0.133 e. The lowest BCUT2D eigenvalue weighted by Gasteiger charge is -2.14. The van der Waals surface area contributed by atoms with E-state index in [2.05, 4.69) is 25.1 Å². The zero-order valence-electron chi connectivity index (χ0n) is 13.8. The highest BCUT2D eigenvalue weighted by Crippen LogP contribution is 2.28. The number of aromatic nitrogens is 1. The maximum atomic E-state index is 5.27. The normalized spacial score (nSPS) is 12.8. The van der Waals surface area contributed by atoms with Gasteiger partial charge in [0.2, 0.25) is 0 Å². The largest absolute Gasteiger partial charge is 0.361 e. The molecule has 0 saturated carbocycles. The van der Waals surface area contributed by atoms with Crippen LogP contribution in [-0.4, -0.2) is 5.16 Å². The van der Waals surface area contributed by atoms with Crippen LogP contribution in [0.4, 0.5) is 0 Å². The average Bonchev–Trinajstić information content (AvgIpc) is 2.87. The summed E-state index contributed by atoms with van der Waals surface area (Å²) in [4.78, 5) is 0. The van der Waals surface area contributed by atoms with Gasteiger partial charge in [0.25, 0.3) is 0 Å². The van der Waals surface area contributed by atoms with E-state index in [1.54, 1.807) is 0 Å². The van der Waals surface area contributed by atoms with E-state index in [1.807, 2.05) is 6.92 Å². The highest BCUT2D eigenvalue weighted by atomic mass is 16.5. The van der Waals surface area contributed by atoms with Gasteiger partial charge in [-0.3, -0.25) is 0 Å². The standard InChI is InChI=1S/C18H33NO/c1-4-6-8-10-12-14-17(13-11-9-7-5-2)18-15-16(3)20-19-18/h15,17H,4-14H2,1-3H3. The molecule has 1 rings (SSSR count). The number of hydrogen-bond acceptors (Lipinski definition) is 2. The first-order chi connectivity index (χ1) is 9.77. The first-order valence-electron chi connectivity index (χ1n) is 8.71. The van der Waals surface area contributed by atoms with Crippen molar-refractivity contribution in [3.8, 4) is 0 Å². The SMILES string of the molecule is CCCCCCCC(CCCCCC)c1cc(C)on1. The summed E-state index contributed by atoms with van der Waals surface area (Å²) in [5.74, 6) is 1.57. The zero-order chi connectivity index (χ0) is 14.6. The fraction of sp³-hybridized carbons (Fsp3) is 0.833. The maximum absolute atomic E-state index is 5.27. The summed E-state index contributed by atoms with van der Waals surface area (Å²) in [6.45, 7) is 6.53. The van der Waals surface area contributed by atoms with Gasteiger partial charge >= 0.3 is 0 Å². The fourth-order valence-electron chi connectivity index (χ4n) is 2.83. The van der Waals surface area contributed by atoms with Gasteiger partial charge in [0.15, 0.2) is 0 Å². The van der Waals surface area contributed by atoms with Crippen LogP contribution in [-0.2, 0) is 0 Å². The topological polar surface area (TPSA) is 26.0 Å². The fourth-order valence-corrected chi connectivity index (χ4v) is 2.83. The molecule has 1 aromatic heterocycles. The Morgan fingerprint density at radius 1 is 0.900 bits per heavy atom. The van der Waals surface area contributed by atoms with E-state index in [-0.39, 0.29) is 0 Å². The molecule has 1 atom stereocenters. The Morgan fingerprint density at radius 2 is 1.45 bits per heavy atom. The van der Waals surface area contributed by atoms with Crippen LogP contribution in [0.3, 0.4) is 0 Å². The molecule has 0 N–H and O–H groups in total. The molecule has 0 aliphatic carbocycles. The van der Waals surface area contributed by atoms with Crippen molar-refractivity contribution in [2.24, 2.45) is 0 Å². The average molecular weight is 279 g/mol. The van der Waals surface area contributed by atoms with Crippen LogP contribution < -0.4 is 0 Å². The van der Waals surface area contributed by atoms with Crippen molar-refractivity contribution in [1.29, 1.82) is 0 Å². The van der Waals surface area contributed by atoms with Gasteiger partial charge in [0, 0.05) is 12.0 Å². The molecule has 1 unspecified atom stereocenters. The molecule has 0 aliphatic rings. The first kappa shape index (κ1) is 17.3. The van der Waals surface area contributed by atoms with E-state index < -0.39 is 0 Å². The minimum absolute atomic E-state index is 0.617. The minimum atomic E-state index is 0.617. The summed E-state index contributed by atoms with van der Waals surface area (Å²) in [5, 5.41) is 4.26. The van der Waals surface area contributed by atoms with E-state index in [4.69, 9.17) is 4.52 Å². The molecule has 0 aliphatic heterocycles. The molecule has 2 nitrogen and oxygen atoms in total. The molecular weight excluding hydrogens is 246 g/mol. The van der Waals surface area contributed by atoms with Crippen LogP contribution in [0.25, 0.3) is 0 Å². The zero-order valence-corrected chi connectivity index (χ0v) is 13.8. The molecule has 0 aromatic carbocycles. The Morgan fingerprint density at radius 3 is 1.95 bits per heavy atom. The summed E-state index contributed by atoms with van der Waals surface area (Å²) in [6.07, 6.45) is 14.7. The van der Waals surface area contributed by atoms with Gasteiger partial charge < -0.3 is 4.52 Å². The number of rotatable bonds is 12. The summed E-state index contributed by atoms with van der Waals surface area (Å²) in [7, 11) is 0. The van der Waals surface area contributed by atoms with Gasteiger partial charge in [0.1, 0.15) is 5.76 Å². The van der Waals surface area contributed by atoms with Crippen molar-refractivity contribution in [3.63, 3.8) is 0 Å². The second kappa shape index (κ2) is 10.9. The van der Waals surface area contributed by atoms with Gasteiger partial charge in [0.05, 0.1) is 5.69 Å². The minimum Gasteiger partial charge on any atom is -0.361 e. The van der Waals surface area contributed by atoms with E-state index >= 15 is 0 Å². The van der Waals surface area contributed by atoms with Gasteiger partial charge in [-0.05, 0) is 19.8 Å². The number of aryl methyl sites for hydroxylation is 1. The lowest BCUT2D eigenvalue weighted by Crippen LogP contribution is -2.00. The lowest BCUT2D eigenvalue weighted by molar-refractivity contribution is 0.376. The number of unbranched alkanes of at least 4 members (excludes halogenated alkanes) is 7. The summed E-state index contributed by atoms with van der Waals surface area (Å²) < 4.78 is 5.27. The summed E-state index contributed by atoms with van der Waals surface area (Å²) in [6, 6.07) is 2.14. The quantitative estimate of drug-likeness (QED) is 0.414. The molecule has 0 bridgehead atoms. The van der Waals surface area contributed by atoms with Crippen molar-refractivity contribution >= 4 is 0 Å². The lowest BCUT2D eigenvalue weighted by atomic mass is 9.91. The monoisotopic (exact) mass is 279 g/mol. The molecule has 0 fully saturated rings. The Kier molecular flexibility index (Phi) is 9.44. The van der Waals surface area contributed by atoms with E-state index in [9.17, 15) is 0 Å². The van der Waals surface area contributed by atoms with Gasteiger partial charge in [-0.2, -0.15) is 0 Å². The third-order valence-electron chi connectivity index (χ3n) is 4.13. The Labute approximate surface area is 125 Å². The predicted octanol–water partition coefficient (Wildman–Crippen LogP) is 6.40. The summed E-state index contributed by atoms with van der Waals surface area (Å²) >= 11 is 0. The Balaban J connectivity index is 2.34. The predicted molar refractivity (Wildman–Crippen MR) is 86.1 cm³/mol. The molecule has 2 heteroatoms. The molecule has 0 amide bonds. The molecular formula is C18H33NO. The van der Waals surface area contributed by atoms with Gasteiger partial charge in [-0.1, -0.05) is 76.8 Å². The molecule has 1 heterocycles. The molecule has 1 aromatic rings. The van der Waals surface area contributed by atoms with Crippen LogP contribution in [0, 0.1) is 6.92 Å². The van der Waals surface area contributed by atoms with Crippen molar-refractivity contribution in [3.05, 3.63) is 17.5 Å². The van der Waals surface area contributed by atoms with Gasteiger partial charge in [-0.15, -0.1) is 0 Å². The highest BCUT2D eigenvalue weighted by molar-refractivity contribution is 5.09. The second-order valence-corrected chi connectivity index (χ2v) is 6.11. The Bertz CT molecular complexity index is 332. The van der Waals surface area contributed by atoms with Crippen molar-refractivity contribution in [1.82, 2.24) is 5.16 Å². The van der Waals surface area contributed by atoms with Crippen LogP contribution in [0.1, 0.15) is 102 Å². The third kappa shape index (κ3) is 7.12. The van der Waals surface area contributed by atoms with Crippen molar-refractivity contribution in [2.45, 2.75) is 97.3 Å². The molecule has 0 spiro atoms. The van der Waals surface area contributed by atoms with E-state index in [0.717, 1.165) is 5.76 Å². The highest BCUT2D eigenvalue weighted by Gasteiger charge is 2.15. The second-order valence-electron chi connectivity index (χ2n) is 6.11. The third-order valence-corrected chi connectivity index (χ3v) is 4.13. The van der Waals surface area contributed by atoms with Crippen molar-refractivity contribution < 1.29 is 4.52 Å². The van der Waals surface area contributed by atoms with Crippen LogP contribution in [0.5, 0.6) is 0 Å². The van der Waals surface area contributed by atoms with E-state index in [0.29, 0.717) is 5.92 Å². The van der Waals surface area contributed by atoms with Crippen LogP contribution >= 0.6 is 0 Å². The maximum Gasteiger partial charge on any atom is 0.133 e. The molecule has 0 radical (unpaired) electrons. The first-order valence-corrected chi connectivity index (χ1v) is 8.71. The Hall–Kier alpha value is -0.790. The number of hydrogen-bond donors (Lipinski definition) is 0. The van der Waals surface area contributed by atoms with E-state index in [1.165, 1.54) is 76.3 Å². The van der Waals surface area contributed by atoms with Crippen molar-refractivity contribution in [2.75, 3.05) is 0 Å².